The lowest BCUT2D eigenvalue weighted by Gasteiger charge is -2.17. The maximum absolute atomic E-state index is 2.27. The zero-order valence-corrected chi connectivity index (χ0v) is 13.8. The summed E-state index contributed by atoms with van der Waals surface area (Å²) >= 11 is 0. The van der Waals surface area contributed by atoms with Crippen molar-refractivity contribution >= 4 is 5.57 Å². The van der Waals surface area contributed by atoms with E-state index in [2.05, 4.69) is 88.4 Å². The molecule has 3 rings (SSSR count). The predicted molar refractivity (Wildman–Crippen MR) is 96.1 cm³/mol. The topological polar surface area (TPSA) is 0 Å². The van der Waals surface area contributed by atoms with Gasteiger partial charge in [0, 0.05) is 0 Å². The van der Waals surface area contributed by atoms with E-state index >= 15 is 0 Å². The Kier molecular flexibility index (Phi) is 3.85. The summed E-state index contributed by atoms with van der Waals surface area (Å²) in [5.41, 5.74) is 10.5. The van der Waals surface area contributed by atoms with Crippen molar-refractivity contribution in [2.75, 3.05) is 0 Å². The molecule has 0 aliphatic heterocycles. The molecule has 0 amide bonds. The van der Waals surface area contributed by atoms with E-state index in [1.165, 1.54) is 44.5 Å². The van der Waals surface area contributed by atoms with Crippen LogP contribution in [0.3, 0.4) is 0 Å². The first-order valence-corrected chi connectivity index (χ1v) is 7.80. The molecule has 0 bridgehead atoms. The number of hydrogen-bond acceptors (Lipinski definition) is 0. The zero-order chi connectivity index (χ0) is 15.7. The molecule has 2 aromatic carbocycles. The van der Waals surface area contributed by atoms with Gasteiger partial charge in [0.15, 0.2) is 0 Å². The third kappa shape index (κ3) is 2.69. The van der Waals surface area contributed by atoms with Crippen molar-refractivity contribution < 1.29 is 0 Å². The molecule has 1 aliphatic rings. The Hall–Kier alpha value is -2.34. The monoisotopic (exact) mass is 286 g/mol. The fraction of sp³-hybridized carbons (Fsp3) is 0.182. The molecule has 0 aromatic heterocycles. The van der Waals surface area contributed by atoms with Crippen LogP contribution in [0.1, 0.15) is 33.4 Å². The highest BCUT2D eigenvalue weighted by molar-refractivity contribution is 5.88. The van der Waals surface area contributed by atoms with Gasteiger partial charge in [-0.1, -0.05) is 71.8 Å². The highest BCUT2D eigenvalue weighted by Gasteiger charge is 2.14. The van der Waals surface area contributed by atoms with E-state index in [1.54, 1.807) is 0 Å². The molecule has 22 heavy (non-hydrogen) atoms. The van der Waals surface area contributed by atoms with Crippen LogP contribution in [0.15, 0.2) is 66.3 Å². The second kappa shape index (κ2) is 5.81. The van der Waals surface area contributed by atoms with Gasteiger partial charge < -0.3 is 0 Å². The minimum Gasteiger partial charge on any atom is -0.0616 e. The number of hydrogen-bond donors (Lipinski definition) is 0. The summed E-state index contributed by atoms with van der Waals surface area (Å²) in [6, 6.07) is 13.5. The molecule has 2 aromatic rings. The molecule has 0 nitrogen and oxygen atoms in total. The second-order valence-electron chi connectivity index (χ2n) is 6.19. The third-order valence-electron chi connectivity index (χ3n) is 4.25. The predicted octanol–water partition coefficient (Wildman–Crippen LogP) is 5.85. The van der Waals surface area contributed by atoms with E-state index in [4.69, 9.17) is 0 Å². The summed E-state index contributed by atoms with van der Waals surface area (Å²) in [5, 5.41) is 0. The van der Waals surface area contributed by atoms with Crippen LogP contribution in [-0.4, -0.2) is 0 Å². The SMILES string of the molecule is Cc1ccc(C(=C2C=CC=C2)c2ccc(C)cc2C)c(C)c1. The molecule has 0 saturated carbocycles. The van der Waals surface area contributed by atoms with E-state index in [-0.39, 0.29) is 0 Å². The highest BCUT2D eigenvalue weighted by atomic mass is 14.2. The Morgan fingerprint density at radius 1 is 0.636 bits per heavy atom. The number of allylic oxidation sites excluding steroid dienone is 5. The number of aryl methyl sites for hydroxylation is 4. The van der Waals surface area contributed by atoms with Crippen molar-refractivity contribution in [3.8, 4) is 0 Å². The molecule has 0 heteroatoms. The highest BCUT2D eigenvalue weighted by Crippen LogP contribution is 2.34. The van der Waals surface area contributed by atoms with Crippen molar-refractivity contribution in [2.24, 2.45) is 0 Å². The minimum atomic E-state index is 1.29. The summed E-state index contributed by atoms with van der Waals surface area (Å²) in [5.74, 6) is 0. The fourth-order valence-electron chi connectivity index (χ4n) is 3.18. The van der Waals surface area contributed by atoms with Gasteiger partial charge in [0.25, 0.3) is 0 Å². The molecular formula is C22H22. The average molecular weight is 286 g/mol. The van der Waals surface area contributed by atoms with E-state index in [0.29, 0.717) is 0 Å². The van der Waals surface area contributed by atoms with Gasteiger partial charge in [-0.15, -0.1) is 0 Å². The van der Waals surface area contributed by atoms with Crippen LogP contribution in [0, 0.1) is 27.7 Å². The molecule has 0 spiro atoms. The van der Waals surface area contributed by atoms with Crippen LogP contribution in [0.2, 0.25) is 0 Å². The van der Waals surface area contributed by atoms with Crippen LogP contribution in [0.5, 0.6) is 0 Å². The summed E-state index contributed by atoms with van der Waals surface area (Å²) in [6.45, 7) is 8.70. The third-order valence-corrected chi connectivity index (χ3v) is 4.25. The lowest BCUT2D eigenvalue weighted by atomic mass is 9.87. The number of rotatable bonds is 2. The van der Waals surface area contributed by atoms with Gasteiger partial charge in [0.05, 0.1) is 0 Å². The summed E-state index contributed by atoms with van der Waals surface area (Å²) in [7, 11) is 0. The molecule has 1 aliphatic carbocycles. The van der Waals surface area contributed by atoms with Gasteiger partial charge in [-0.05, 0) is 61.1 Å². The minimum absolute atomic E-state index is 1.29. The van der Waals surface area contributed by atoms with Crippen LogP contribution in [0.4, 0.5) is 0 Å². The normalized spacial score (nSPS) is 13.0. The quantitative estimate of drug-likeness (QED) is 0.649. The average Bonchev–Trinajstić information content (AvgIpc) is 2.97. The first kappa shape index (κ1) is 14.6. The van der Waals surface area contributed by atoms with Gasteiger partial charge in [0.1, 0.15) is 0 Å². The summed E-state index contributed by atoms with van der Waals surface area (Å²) in [4.78, 5) is 0. The summed E-state index contributed by atoms with van der Waals surface area (Å²) < 4.78 is 0. The van der Waals surface area contributed by atoms with Gasteiger partial charge in [0.2, 0.25) is 0 Å². The van der Waals surface area contributed by atoms with Crippen LogP contribution in [0.25, 0.3) is 5.57 Å². The smallest absolute Gasteiger partial charge is 0.00335 e. The largest absolute Gasteiger partial charge is 0.0616 e. The molecule has 0 saturated heterocycles. The van der Waals surface area contributed by atoms with Crippen molar-refractivity contribution in [3.05, 3.63) is 99.7 Å². The Morgan fingerprint density at radius 3 is 1.50 bits per heavy atom. The van der Waals surface area contributed by atoms with E-state index in [0.717, 1.165) is 0 Å². The lowest BCUT2D eigenvalue weighted by molar-refractivity contribution is 1.32. The van der Waals surface area contributed by atoms with E-state index in [9.17, 15) is 0 Å². The van der Waals surface area contributed by atoms with E-state index < -0.39 is 0 Å². The standard InChI is InChI=1S/C22H22/c1-15-9-11-20(17(3)13-15)22(19-7-5-6-8-19)21-12-10-16(2)14-18(21)4/h5-14H,1-4H3. The van der Waals surface area contributed by atoms with Gasteiger partial charge in [-0.3, -0.25) is 0 Å². The second-order valence-corrected chi connectivity index (χ2v) is 6.19. The van der Waals surface area contributed by atoms with Crippen molar-refractivity contribution in [1.29, 1.82) is 0 Å². The van der Waals surface area contributed by atoms with E-state index in [1.807, 2.05) is 0 Å². The molecule has 0 atom stereocenters. The Bertz CT molecular complexity index is 746. The van der Waals surface area contributed by atoms with Crippen LogP contribution >= 0.6 is 0 Å². The molecule has 0 N–H and O–H groups in total. The maximum Gasteiger partial charge on any atom is -0.00335 e. The van der Waals surface area contributed by atoms with Gasteiger partial charge in [-0.25, -0.2) is 0 Å². The molecular weight excluding hydrogens is 264 g/mol. The first-order valence-electron chi connectivity index (χ1n) is 7.80. The van der Waals surface area contributed by atoms with Crippen molar-refractivity contribution in [1.82, 2.24) is 0 Å². The molecule has 110 valence electrons. The van der Waals surface area contributed by atoms with Crippen molar-refractivity contribution in [2.45, 2.75) is 27.7 Å². The van der Waals surface area contributed by atoms with Crippen molar-refractivity contribution in [3.63, 3.8) is 0 Å². The molecule has 0 fully saturated rings. The molecule has 0 radical (unpaired) electrons. The zero-order valence-electron chi connectivity index (χ0n) is 13.8. The van der Waals surface area contributed by atoms with Gasteiger partial charge in [-0.2, -0.15) is 0 Å². The Balaban J connectivity index is 2.28. The maximum atomic E-state index is 2.27. The summed E-state index contributed by atoms with van der Waals surface area (Å²) in [6.07, 6.45) is 8.63. The Morgan fingerprint density at radius 2 is 1.09 bits per heavy atom. The van der Waals surface area contributed by atoms with Gasteiger partial charge >= 0.3 is 0 Å². The van der Waals surface area contributed by atoms with Crippen LogP contribution in [-0.2, 0) is 0 Å². The number of benzene rings is 2. The fourth-order valence-corrected chi connectivity index (χ4v) is 3.18. The molecule has 0 heterocycles. The lowest BCUT2D eigenvalue weighted by Crippen LogP contribution is -1.98. The molecule has 0 unspecified atom stereocenters. The van der Waals surface area contributed by atoms with Crippen LogP contribution < -0.4 is 0 Å². The Labute approximate surface area is 133 Å². The first-order chi connectivity index (χ1) is 10.6.